The van der Waals surface area contributed by atoms with E-state index < -0.39 is 0 Å². The maximum atomic E-state index is 8.71. The first-order valence-corrected chi connectivity index (χ1v) is 4.70. The van der Waals surface area contributed by atoms with Crippen LogP contribution in [-0.2, 0) is 0 Å². The van der Waals surface area contributed by atoms with Gasteiger partial charge in [-0.3, -0.25) is 0 Å². The van der Waals surface area contributed by atoms with Crippen molar-refractivity contribution in [2.24, 2.45) is 0 Å². The van der Waals surface area contributed by atoms with Gasteiger partial charge in [-0.15, -0.1) is 11.6 Å². The number of β-amino-alcohol motifs (C(OH)–C–C–N with tert-alkyl or cyclic N) is 1. The molecule has 1 rings (SSSR count). The summed E-state index contributed by atoms with van der Waals surface area (Å²) < 4.78 is 0. The highest BCUT2D eigenvalue weighted by molar-refractivity contribution is 6.22. The third-order valence-corrected chi connectivity index (χ3v) is 2.33. The van der Waals surface area contributed by atoms with Crippen LogP contribution >= 0.6 is 23.2 Å². The lowest BCUT2D eigenvalue weighted by molar-refractivity contribution is 0.236. The summed E-state index contributed by atoms with van der Waals surface area (Å²) in [6.07, 6.45) is 5.63. The first-order valence-electron chi connectivity index (χ1n) is 3.73. The van der Waals surface area contributed by atoms with E-state index in [0.717, 1.165) is 5.57 Å². The molecule has 68 valence electrons. The van der Waals surface area contributed by atoms with E-state index in [0.29, 0.717) is 12.4 Å². The van der Waals surface area contributed by atoms with Crippen molar-refractivity contribution in [3.05, 3.63) is 23.9 Å². The van der Waals surface area contributed by atoms with Gasteiger partial charge in [0.25, 0.3) is 0 Å². The second-order valence-corrected chi connectivity index (χ2v) is 3.25. The molecular weight excluding hydrogens is 197 g/mol. The minimum atomic E-state index is -0.163. The van der Waals surface area contributed by atoms with Crippen molar-refractivity contribution in [1.29, 1.82) is 0 Å². The summed E-state index contributed by atoms with van der Waals surface area (Å²) in [5.41, 5.74) is 0.853. The van der Waals surface area contributed by atoms with E-state index in [-0.39, 0.29) is 12.1 Å². The predicted octanol–water partition coefficient (Wildman–Crippen LogP) is 1.54. The number of nitrogens with zero attached hydrogens (tertiary/aromatic N) is 1. The van der Waals surface area contributed by atoms with Crippen LogP contribution in [0.15, 0.2) is 23.9 Å². The number of alkyl halides is 2. The number of halogens is 2. The quantitative estimate of drug-likeness (QED) is 0.561. The average Bonchev–Trinajstić information content (AvgIpc) is 2.09. The van der Waals surface area contributed by atoms with Crippen molar-refractivity contribution in [2.45, 2.75) is 5.50 Å². The molecule has 0 spiro atoms. The predicted molar refractivity (Wildman–Crippen MR) is 51.4 cm³/mol. The first kappa shape index (κ1) is 9.90. The largest absolute Gasteiger partial charge is 0.395 e. The lowest BCUT2D eigenvalue weighted by Gasteiger charge is -2.26. The van der Waals surface area contributed by atoms with Gasteiger partial charge in [0.05, 0.1) is 6.61 Å². The molecule has 0 saturated heterocycles. The molecule has 0 amide bonds. The molecule has 4 heteroatoms. The molecular formula is C8H11Cl2NO. The van der Waals surface area contributed by atoms with Crippen molar-refractivity contribution >= 4 is 23.2 Å². The number of hydrogen-bond acceptors (Lipinski definition) is 2. The molecule has 1 N–H and O–H groups in total. The third-order valence-electron chi connectivity index (χ3n) is 1.63. The van der Waals surface area contributed by atoms with Gasteiger partial charge in [0.15, 0.2) is 0 Å². The molecule has 1 aliphatic heterocycles. The Kier molecular flexibility index (Phi) is 3.92. The average molecular weight is 208 g/mol. The number of rotatable bonds is 3. The normalized spacial score (nSPS) is 22.8. The Morgan fingerprint density at radius 3 is 2.92 bits per heavy atom. The smallest absolute Gasteiger partial charge is 0.122 e. The maximum Gasteiger partial charge on any atom is 0.122 e. The van der Waals surface area contributed by atoms with Crippen LogP contribution in [0.25, 0.3) is 0 Å². The third kappa shape index (κ3) is 2.41. The van der Waals surface area contributed by atoms with Gasteiger partial charge < -0.3 is 10.0 Å². The Hall–Kier alpha value is -0.180. The molecule has 0 aliphatic carbocycles. The van der Waals surface area contributed by atoms with Gasteiger partial charge in [0.2, 0.25) is 0 Å². The van der Waals surface area contributed by atoms with Crippen LogP contribution < -0.4 is 0 Å². The zero-order chi connectivity index (χ0) is 8.97. The Morgan fingerprint density at radius 2 is 2.33 bits per heavy atom. The van der Waals surface area contributed by atoms with Crippen LogP contribution in [0.3, 0.4) is 0 Å². The first-order chi connectivity index (χ1) is 5.77. The van der Waals surface area contributed by atoms with Crippen molar-refractivity contribution in [3.8, 4) is 0 Å². The minimum absolute atomic E-state index is 0.100. The van der Waals surface area contributed by atoms with E-state index >= 15 is 0 Å². The summed E-state index contributed by atoms with van der Waals surface area (Å²) in [6.45, 7) is 0.641. The monoisotopic (exact) mass is 207 g/mol. The number of aliphatic hydroxyl groups is 1. The minimum Gasteiger partial charge on any atom is -0.395 e. The Bertz CT molecular complexity index is 203. The zero-order valence-electron chi connectivity index (χ0n) is 6.58. The molecule has 0 saturated carbocycles. The maximum absolute atomic E-state index is 8.71. The molecule has 2 nitrogen and oxygen atoms in total. The van der Waals surface area contributed by atoms with Gasteiger partial charge in [-0.05, 0) is 11.6 Å². The van der Waals surface area contributed by atoms with Gasteiger partial charge >= 0.3 is 0 Å². The lowest BCUT2D eigenvalue weighted by atomic mass is 10.2. The molecule has 0 aromatic rings. The molecule has 0 aromatic heterocycles. The van der Waals surface area contributed by atoms with E-state index in [1.54, 1.807) is 0 Å². The molecule has 0 fully saturated rings. The molecule has 0 bridgehead atoms. The second kappa shape index (κ2) is 4.75. The van der Waals surface area contributed by atoms with Crippen LogP contribution in [0.1, 0.15) is 0 Å². The Morgan fingerprint density at radius 1 is 1.58 bits per heavy atom. The number of allylic oxidation sites excluding steroid dienone is 2. The van der Waals surface area contributed by atoms with Gasteiger partial charge in [0, 0.05) is 18.6 Å². The molecule has 12 heavy (non-hydrogen) atoms. The van der Waals surface area contributed by atoms with E-state index in [9.17, 15) is 0 Å². The van der Waals surface area contributed by atoms with E-state index in [4.69, 9.17) is 28.3 Å². The lowest BCUT2D eigenvalue weighted by Crippen LogP contribution is -2.29. The highest BCUT2D eigenvalue weighted by Crippen LogP contribution is 2.16. The van der Waals surface area contributed by atoms with Crippen molar-refractivity contribution in [3.63, 3.8) is 0 Å². The summed E-state index contributed by atoms with van der Waals surface area (Å²) in [5, 5.41) is 8.71. The van der Waals surface area contributed by atoms with Crippen LogP contribution in [0.4, 0.5) is 0 Å². The van der Waals surface area contributed by atoms with Gasteiger partial charge in [-0.2, -0.15) is 0 Å². The highest BCUT2D eigenvalue weighted by Gasteiger charge is 2.12. The fourth-order valence-corrected chi connectivity index (χ4v) is 1.41. The van der Waals surface area contributed by atoms with Crippen molar-refractivity contribution in [1.82, 2.24) is 4.90 Å². The van der Waals surface area contributed by atoms with Crippen LogP contribution in [0, 0.1) is 0 Å². The summed E-state index contributed by atoms with van der Waals surface area (Å²) >= 11 is 11.6. The van der Waals surface area contributed by atoms with Crippen molar-refractivity contribution < 1.29 is 5.11 Å². The van der Waals surface area contributed by atoms with E-state index in [1.165, 1.54) is 0 Å². The molecule has 1 atom stereocenters. The van der Waals surface area contributed by atoms with Crippen LogP contribution in [0.2, 0.25) is 0 Å². The molecule has 1 unspecified atom stereocenters. The van der Waals surface area contributed by atoms with E-state index in [1.807, 2.05) is 23.3 Å². The number of hydrogen-bond donors (Lipinski definition) is 1. The number of aliphatic hydroxyl groups excluding tert-OH is 1. The SMILES string of the molecule is OCCN1C=C(CCl)C=CC1Cl. The molecule has 0 radical (unpaired) electrons. The molecule has 1 heterocycles. The van der Waals surface area contributed by atoms with E-state index in [2.05, 4.69) is 0 Å². The Balaban J connectivity index is 2.60. The highest BCUT2D eigenvalue weighted by atomic mass is 35.5. The summed E-state index contributed by atoms with van der Waals surface area (Å²) in [5.74, 6) is 0.474. The van der Waals surface area contributed by atoms with Crippen LogP contribution in [0.5, 0.6) is 0 Å². The fraction of sp³-hybridized carbons (Fsp3) is 0.500. The topological polar surface area (TPSA) is 23.5 Å². The standard InChI is InChI=1S/C8H11Cl2NO/c9-5-7-1-2-8(10)11(6-7)3-4-12/h1-2,6,8,12H,3-5H2. The van der Waals surface area contributed by atoms with Gasteiger partial charge in [0.1, 0.15) is 5.50 Å². The molecule has 0 aromatic carbocycles. The zero-order valence-corrected chi connectivity index (χ0v) is 8.09. The Labute approximate surface area is 82.1 Å². The van der Waals surface area contributed by atoms with Crippen molar-refractivity contribution in [2.75, 3.05) is 19.0 Å². The summed E-state index contributed by atoms with van der Waals surface area (Å²) in [4.78, 5) is 1.85. The fourth-order valence-electron chi connectivity index (χ4n) is 1.02. The van der Waals surface area contributed by atoms with Gasteiger partial charge in [-0.25, -0.2) is 0 Å². The molecule has 1 aliphatic rings. The summed E-state index contributed by atoms with van der Waals surface area (Å²) in [6, 6.07) is 0. The second-order valence-electron chi connectivity index (χ2n) is 2.53. The summed E-state index contributed by atoms with van der Waals surface area (Å²) in [7, 11) is 0. The van der Waals surface area contributed by atoms with Gasteiger partial charge in [-0.1, -0.05) is 17.7 Å². The van der Waals surface area contributed by atoms with Crippen LogP contribution in [-0.4, -0.2) is 34.5 Å².